The molecule has 0 saturated heterocycles. The molecule has 0 fully saturated rings. The Kier molecular flexibility index (Phi) is 7.75. The van der Waals surface area contributed by atoms with Crippen molar-refractivity contribution in [2.45, 2.75) is 41.5 Å². The zero-order chi connectivity index (χ0) is 22.2. The maximum Gasteiger partial charge on any atom is 0.195 e. The van der Waals surface area contributed by atoms with E-state index >= 15 is 0 Å². The highest BCUT2D eigenvalue weighted by atomic mass is 32.1. The van der Waals surface area contributed by atoms with Crippen LogP contribution in [0.3, 0.4) is 0 Å². The third-order valence-electron chi connectivity index (χ3n) is 5.42. The number of carbonyl (C=O) groups is 2. The molecule has 160 valence electrons. The molecule has 0 amide bonds. The second-order valence-electron chi connectivity index (χ2n) is 8.00. The molecule has 0 aliphatic rings. The molecule has 3 aromatic carbocycles. The van der Waals surface area contributed by atoms with Crippen LogP contribution in [0.15, 0.2) is 42.5 Å². The topological polar surface area (TPSA) is 51.2 Å². The van der Waals surface area contributed by atoms with Crippen LogP contribution in [-0.4, -0.2) is 11.6 Å². The third-order valence-corrected chi connectivity index (χ3v) is 5.99. The fraction of sp³-hybridized carbons (Fsp3) is 0.231. The molecule has 3 aromatic rings. The number of aryl methyl sites for hydroxylation is 6. The first-order valence-corrected chi connectivity index (χ1v) is 10.7. The summed E-state index contributed by atoms with van der Waals surface area (Å²) >= 11 is 0. The Bertz CT molecular complexity index is 1170. The molecule has 0 unspecified atom stereocenters. The first-order chi connectivity index (χ1) is 14.1. The summed E-state index contributed by atoms with van der Waals surface area (Å²) in [6, 6.07) is 12.8. The maximum absolute atomic E-state index is 13.7. The molecule has 31 heavy (non-hydrogen) atoms. The number of hydrogen-bond acceptors (Lipinski definition) is 3. The van der Waals surface area contributed by atoms with Crippen LogP contribution in [0, 0.1) is 41.5 Å². The van der Waals surface area contributed by atoms with Crippen LogP contribution in [0.4, 0.5) is 0 Å². The van der Waals surface area contributed by atoms with Crippen molar-refractivity contribution < 1.29 is 14.2 Å². The van der Waals surface area contributed by atoms with Gasteiger partial charge in [-0.2, -0.15) is 13.5 Å². The summed E-state index contributed by atoms with van der Waals surface area (Å²) in [6.45, 7) is 11.6. The summed E-state index contributed by atoms with van der Waals surface area (Å²) in [5.74, 6) is -0.490. The molecule has 0 spiro atoms. The van der Waals surface area contributed by atoms with Gasteiger partial charge in [-0.05, 0) is 69.9 Å². The van der Waals surface area contributed by atoms with Crippen LogP contribution >= 0.6 is 22.0 Å². The molecular formula is C26H27O3PS. The van der Waals surface area contributed by atoms with E-state index in [1.54, 1.807) is 18.2 Å². The minimum atomic E-state index is -0.289. The highest BCUT2D eigenvalue weighted by Gasteiger charge is 2.26. The van der Waals surface area contributed by atoms with Crippen LogP contribution in [0.5, 0.6) is 0 Å². The molecule has 0 aliphatic heterocycles. The smallest absolute Gasteiger partial charge is 0.195 e. The quantitative estimate of drug-likeness (QED) is 0.352. The van der Waals surface area contributed by atoms with Gasteiger partial charge >= 0.3 is 0 Å². The SMILES string of the molecule is Cc1cc(C)c(C(=O)c2cccc(P=O)c2C(=O)c2c(C)cc(C)cc2C)c(C)c1.S. The largest absolute Gasteiger partial charge is 0.289 e. The molecule has 3 nitrogen and oxygen atoms in total. The van der Waals surface area contributed by atoms with Gasteiger partial charge in [0.25, 0.3) is 0 Å². The van der Waals surface area contributed by atoms with E-state index in [0.717, 1.165) is 33.4 Å². The molecule has 0 N–H and O–H groups in total. The Morgan fingerprint density at radius 3 is 1.48 bits per heavy atom. The normalized spacial score (nSPS) is 10.6. The first-order valence-electron chi connectivity index (χ1n) is 9.87. The van der Waals surface area contributed by atoms with Gasteiger partial charge in [0.1, 0.15) is 0 Å². The van der Waals surface area contributed by atoms with E-state index in [1.165, 1.54) is 0 Å². The van der Waals surface area contributed by atoms with E-state index in [4.69, 9.17) is 0 Å². The lowest BCUT2D eigenvalue weighted by atomic mass is 9.87. The van der Waals surface area contributed by atoms with Gasteiger partial charge in [-0.15, -0.1) is 0 Å². The summed E-state index contributed by atoms with van der Waals surface area (Å²) in [7, 11) is -0.289. The van der Waals surface area contributed by atoms with E-state index in [2.05, 4.69) is 0 Å². The molecule has 0 aliphatic carbocycles. The summed E-state index contributed by atoms with van der Waals surface area (Å²) in [4.78, 5) is 27.3. The fourth-order valence-corrected chi connectivity index (χ4v) is 4.84. The molecule has 0 radical (unpaired) electrons. The zero-order valence-corrected chi connectivity index (χ0v) is 20.6. The van der Waals surface area contributed by atoms with Crippen molar-refractivity contribution in [3.8, 4) is 0 Å². The van der Waals surface area contributed by atoms with E-state index in [0.29, 0.717) is 16.4 Å². The molecule has 0 heterocycles. The van der Waals surface area contributed by atoms with Gasteiger partial charge in [0.15, 0.2) is 20.0 Å². The Balaban J connectivity index is 0.00000341. The lowest BCUT2D eigenvalue weighted by molar-refractivity contribution is 0.100. The average Bonchev–Trinajstić information content (AvgIpc) is 2.65. The molecule has 3 rings (SSSR count). The monoisotopic (exact) mass is 450 g/mol. The van der Waals surface area contributed by atoms with Crippen molar-refractivity contribution in [2.24, 2.45) is 0 Å². The standard InChI is InChI=1S/C26H25O3P.H2S/c1-14-10-16(3)22(17(4)11-14)25(27)20-8-7-9-21(30-29)24(20)26(28)23-18(5)12-15(2)13-19(23)6;/h7-13H,1-6H3;1H2. The van der Waals surface area contributed by atoms with Crippen LogP contribution in [-0.2, 0) is 4.57 Å². The number of ketones is 2. The lowest BCUT2D eigenvalue weighted by Crippen LogP contribution is -2.21. The fourth-order valence-electron chi connectivity index (χ4n) is 4.38. The van der Waals surface area contributed by atoms with Crippen molar-refractivity contribution in [1.29, 1.82) is 0 Å². The minimum absolute atomic E-state index is 0. The summed E-state index contributed by atoms with van der Waals surface area (Å²) in [6.07, 6.45) is 0. The van der Waals surface area contributed by atoms with E-state index < -0.39 is 0 Å². The molecule has 5 heteroatoms. The van der Waals surface area contributed by atoms with E-state index in [9.17, 15) is 14.2 Å². The zero-order valence-electron chi connectivity index (χ0n) is 18.7. The maximum atomic E-state index is 13.7. The molecule has 0 atom stereocenters. The molecular weight excluding hydrogens is 423 g/mol. The Labute approximate surface area is 192 Å². The second-order valence-corrected chi connectivity index (χ2v) is 8.66. The van der Waals surface area contributed by atoms with Gasteiger partial charge in [0, 0.05) is 22.3 Å². The van der Waals surface area contributed by atoms with Gasteiger partial charge in [-0.25, -0.2) is 0 Å². The van der Waals surface area contributed by atoms with Gasteiger partial charge in [0.2, 0.25) is 0 Å². The van der Waals surface area contributed by atoms with Gasteiger partial charge in [-0.3, -0.25) is 14.2 Å². The number of hydrogen-bond donors (Lipinski definition) is 0. The van der Waals surface area contributed by atoms with Crippen molar-refractivity contribution in [3.63, 3.8) is 0 Å². The highest BCUT2D eigenvalue weighted by molar-refractivity contribution is 7.59. The van der Waals surface area contributed by atoms with Crippen molar-refractivity contribution in [1.82, 2.24) is 0 Å². The van der Waals surface area contributed by atoms with Gasteiger partial charge in [-0.1, -0.05) is 47.5 Å². The average molecular weight is 451 g/mol. The molecule has 0 saturated carbocycles. The number of carbonyl (C=O) groups excluding carboxylic acids is 2. The number of rotatable bonds is 5. The Morgan fingerprint density at radius 1 is 0.645 bits per heavy atom. The highest BCUT2D eigenvalue weighted by Crippen LogP contribution is 2.26. The van der Waals surface area contributed by atoms with Crippen molar-refractivity contribution >= 4 is 38.8 Å². The predicted molar refractivity (Wildman–Crippen MR) is 132 cm³/mol. The van der Waals surface area contributed by atoms with Crippen molar-refractivity contribution in [3.05, 3.63) is 98.1 Å². The first kappa shape index (κ1) is 24.7. The Morgan fingerprint density at radius 2 is 1.06 bits per heavy atom. The van der Waals surface area contributed by atoms with Gasteiger partial charge in [0.05, 0.1) is 5.30 Å². The lowest BCUT2D eigenvalue weighted by Gasteiger charge is -2.16. The molecule has 0 aromatic heterocycles. The summed E-state index contributed by atoms with van der Waals surface area (Å²) in [5, 5.41) is 0.327. The van der Waals surface area contributed by atoms with Crippen molar-refractivity contribution in [2.75, 3.05) is 0 Å². The van der Waals surface area contributed by atoms with E-state index in [1.807, 2.05) is 65.8 Å². The minimum Gasteiger partial charge on any atom is -0.289 e. The summed E-state index contributed by atoms with van der Waals surface area (Å²) < 4.78 is 11.9. The van der Waals surface area contributed by atoms with Crippen LogP contribution in [0.25, 0.3) is 0 Å². The van der Waals surface area contributed by atoms with Crippen LogP contribution < -0.4 is 5.30 Å². The number of benzene rings is 3. The predicted octanol–water partition coefficient (Wildman–Crippen LogP) is 6.03. The van der Waals surface area contributed by atoms with Crippen LogP contribution in [0.1, 0.15) is 65.2 Å². The summed E-state index contributed by atoms with van der Waals surface area (Å²) in [5.41, 5.74) is 7.22. The molecule has 0 bridgehead atoms. The third kappa shape index (κ3) is 4.71. The second kappa shape index (κ2) is 9.72. The van der Waals surface area contributed by atoms with E-state index in [-0.39, 0.29) is 44.6 Å². The van der Waals surface area contributed by atoms with Gasteiger partial charge < -0.3 is 0 Å². The van der Waals surface area contributed by atoms with Crippen LogP contribution in [0.2, 0.25) is 0 Å². The Hall–Kier alpha value is -2.55.